The second-order valence-electron chi connectivity index (χ2n) is 12.3. The molecule has 1 aliphatic rings. The van der Waals surface area contributed by atoms with Gasteiger partial charge in [0.1, 0.15) is 11.4 Å². The van der Waals surface area contributed by atoms with Crippen molar-refractivity contribution >= 4 is 14.3 Å². The number of carbonyl (C=O) groups is 1. The zero-order valence-corrected chi connectivity index (χ0v) is 24.2. The van der Waals surface area contributed by atoms with E-state index in [-0.39, 0.29) is 23.0 Å². The van der Waals surface area contributed by atoms with Crippen molar-refractivity contribution < 1.29 is 18.7 Å². The Labute approximate surface area is 209 Å². The van der Waals surface area contributed by atoms with Crippen molar-refractivity contribution in [3.05, 3.63) is 29.8 Å². The maximum Gasteiger partial charge on any atom is 0.311 e. The van der Waals surface area contributed by atoms with Crippen LogP contribution in [0.3, 0.4) is 0 Å². The molecule has 1 aliphatic heterocycles. The predicted molar refractivity (Wildman–Crippen MR) is 143 cm³/mol. The molecule has 0 aliphatic carbocycles. The summed E-state index contributed by atoms with van der Waals surface area (Å²) in [5.74, 6) is 0.666. The molecular weight excluding hydrogens is 442 g/mol. The van der Waals surface area contributed by atoms with Crippen LogP contribution >= 0.6 is 0 Å². The number of likely N-dealkylation sites (tertiary alicyclic amines) is 1. The van der Waals surface area contributed by atoms with Gasteiger partial charge in [-0.25, -0.2) is 0 Å². The van der Waals surface area contributed by atoms with E-state index in [2.05, 4.69) is 50.9 Å². The van der Waals surface area contributed by atoms with Crippen LogP contribution in [-0.4, -0.2) is 51.1 Å². The monoisotopic (exact) mass is 491 g/mol. The molecule has 0 unspecified atom stereocenters. The normalized spacial score (nSPS) is 19.0. The van der Waals surface area contributed by atoms with Gasteiger partial charge in [-0.3, -0.25) is 9.69 Å². The van der Waals surface area contributed by atoms with Crippen LogP contribution in [0.4, 0.5) is 0 Å². The Morgan fingerprint density at radius 3 is 2.29 bits per heavy atom. The van der Waals surface area contributed by atoms with Crippen LogP contribution in [0, 0.1) is 5.92 Å². The molecule has 0 N–H and O–H groups in total. The van der Waals surface area contributed by atoms with E-state index in [1.165, 1.54) is 12.0 Å². The Kier molecular flexibility index (Phi) is 10.2. The Hall–Kier alpha value is -1.37. The number of benzene rings is 1. The molecule has 1 heterocycles. The van der Waals surface area contributed by atoms with E-state index in [0.29, 0.717) is 6.61 Å². The van der Waals surface area contributed by atoms with Gasteiger partial charge in [0.05, 0.1) is 13.0 Å². The molecule has 1 saturated heterocycles. The predicted octanol–water partition coefficient (Wildman–Crippen LogP) is 6.81. The average Bonchev–Trinajstić information content (AvgIpc) is 2.73. The number of hydrogen-bond acceptors (Lipinski definition) is 5. The van der Waals surface area contributed by atoms with Gasteiger partial charge in [0.2, 0.25) is 0 Å². The van der Waals surface area contributed by atoms with Gasteiger partial charge in [-0.1, -0.05) is 39.3 Å². The highest BCUT2D eigenvalue weighted by Crippen LogP contribution is 2.37. The van der Waals surface area contributed by atoms with E-state index in [0.717, 1.165) is 44.5 Å². The van der Waals surface area contributed by atoms with Crippen molar-refractivity contribution in [2.75, 3.05) is 20.3 Å². The Bertz CT molecular complexity index is 764. The van der Waals surface area contributed by atoms with Gasteiger partial charge < -0.3 is 13.9 Å². The first-order valence-corrected chi connectivity index (χ1v) is 15.9. The lowest BCUT2D eigenvalue weighted by molar-refractivity contribution is -0.163. The maximum absolute atomic E-state index is 13.4. The molecule has 0 spiro atoms. The van der Waals surface area contributed by atoms with Gasteiger partial charge in [0, 0.05) is 19.2 Å². The zero-order chi connectivity index (χ0) is 25.6. The molecular formula is C28H49NO4Si. The standard InChI is InChI=1S/C28H49NO4Si/c1-27(2,3)33-26(30)24(13-12-20-32-34(8,9)28(4,5)6)25-14-10-11-19-29(25)21-22-15-17-23(31-7)18-16-22/h15-18,24-25H,10-14,19-21H2,1-9H3/t24-,25-/m1/s1. The second-order valence-corrected chi connectivity index (χ2v) is 17.1. The molecule has 0 aromatic heterocycles. The van der Waals surface area contributed by atoms with Crippen LogP contribution < -0.4 is 4.74 Å². The van der Waals surface area contributed by atoms with Crippen LogP contribution in [0.15, 0.2) is 24.3 Å². The third-order valence-corrected chi connectivity index (χ3v) is 11.8. The van der Waals surface area contributed by atoms with E-state index in [9.17, 15) is 4.79 Å². The van der Waals surface area contributed by atoms with Gasteiger partial charge in [-0.2, -0.15) is 0 Å². The van der Waals surface area contributed by atoms with Crippen LogP contribution in [-0.2, 0) is 20.5 Å². The molecule has 0 amide bonds. The Morgan fingerprint density at radius 2 is 1.74 bits per heavy atom. The summed E-state index contributed by atoms with van der Waals surface area (Å²) in [6, 6.07) is 8.47. The quantitative estimate of drug-likeness (QED) is 0.204. The molecule has 2 rings (SSSR count). The number of esters is 1. The molecule has 34 heavy (non-hydrogen) atoms. The molecule has 6 heteroatoms. The minimum atomic E-state index is -1.79. The number of carbonyl (C=O) groups excluding carboxylic acids is 1. The molecule has 1 aromatic carbocycles. The largest absolute Gasteiger partial charge is 0.497 e. The van der Waals surface area contributed by atoms with Crippen molar-refractivity contribution in [1.82, 2.24) is 4.90 Å². The molecule has 0 radical (unpaired) electrons. The van der Waals surface area contributed by atoms with Crippen molar-refractivity contribution in [2.45, 2.75) is 110 Å². The van der Waals surface area contributed by atoms with Crippen molar-refractivity contribution in [2.24, 2.45) is 5.92 Å². The van der Waals surface area contributed by atoms with Gasteiger partial charge in [0.25, 0.3) is 0 Å². The molecule has 0 saturated carbocycles. The fourth-order valence-corrected chi connectivity index (χ4v) is 5.41. The SMILES string of the molecule is COc1ccc(CN2CCCC[C@@H]2[C@@H](CCCO[Si](C)(C)C(C)(C)C)C(=O)OC(C)(C)C)cc1. The number of rotatable bonds is 10. The van der Waals surface area contributed by atoms with E-state index >= 15 is 0 Å². The van der Waals surface area contributed by atoms with E-state index < -0.39 is 13.9 Å². The molecule has 194 valence electrons. The first-order chi connectivity index (χ1) is 15.7. The summed E-state index contributed by atoms with van der Waals surface area (Å²) in [5, 5.41) is 0.191. The maximum atomic E-state index is 13.4. The lowest BCUT2D eigenvalue weighted by Crippen LogP contribution is -2.47. The van der Waals surface area contributed by atoms with E-state index in [1.54, 1.807) is 7.11 Å². The summed E-state index contributed by atoms with van der Waals surface area (Å²) in [4.78, 5) is 15.9. The summed E-state index contributed by atoms with van der Waals surface area (Å²) >= 11 is 0. The molecule has 1 fully saturated rings. The van der Waals surface area contributed by atoms with Crippen molar-refractivity contribution in [3.8, 4) is 5.75 Å². The summed E-state index contributed by atoms with van der Waals surface area (Å²) in [6.45, 7) is 19.8. The Balaban J connectivity index is 2.13. The molecule has 0 bridgehead atoms. The zero-order valence-electron chi connectivity index (χ0n) is 23.2. The number of ether oxygens (including phenoxy) is 2. The summed E-state index contributed by atoms with van der Waals surface area (Å²) < 4.78 is 17.7. The Morgan fingerprint density at radius 1 is 1.09 bits per heavy atom. The minimum absolute atomic E-state index is 0.0635. The van der Waals surface area contributed by atoms with Gasteiger partial charge in [-0.05, 0) is 88.8 Å². The van der Waals surface area contributed by atoms with E-state index in [1.807, 2.05) is 32.9 Å². The molecule has 1 aromatic rings. The topological polar surface area (TPSA) is 48.0 Å². The molecule has 2 atom stereocenters. The van der Waals surface area contributed by atoms with Crippen LogP contribution in [0.1, 0.15) is 79.2 Å². The highest BCUT2D eigenvalue weighted by molar-refractivity contribution is 6.74. The highest BCUT2D eigenvalue weighted by Gasteiger charge is 2.39. The van der Waals surface area contributed by atoms with Crippen molar-refractivity contribution in [3.63, 3.8) is 0 Å². The van der Waals surface area contributed by atoms with Crippen LogP contribution in [0.25, 0.3) is 0 Å². The van der Waals surface area contributed by atoms with Gasteiger partial charge >= 0.3 is 5.97 Å². The number of piperidine rings is 1. The fraction of sp³-hybridized carbons (Fsp3) is 0.750. The third-order valence-electron chi connectivity index (χ3n) is 7.31. The summed E-state index contributed by atoms with van der Waals surface area (Å²) in [6.07, 6.45) is 5.03. The summed E-state index contributed by atoms with van der Waals surface area (Å²) in [5.41, 5.74) is 0.763. The van der Waals surface area contributed by atoms with Crippen LogP contribution in [0.5, 0.6) is 5.75 Å². The summed E-state index contributed by atoms with van der Waals surface area (Å²) in [7, 11) is -0.101. The highest BCUT2D eigenvalue weighted by atomic mass is 28.4. The van der Waals surface area contributed by atoms with Gasteiger partial charge in [0.15, 0.2) is 8.32 Å². The fourth-order valence-electron chi connectivity index (χ4n) is 4.33. The molecule has 5 nitrogen and oxygen atoms in total. The van der Waals surface area contributed by atoms with E-state index in [4.69, 9.17) is 13.9 Å². The minimum Gasteiger partial charge on any atom is -0.497 e. The number of methoxy groups -OCH3 is 1. The number of nitrogens with zero attached hydrogens (tertiary/aromatic N) is 1. The lowest BCUT2D eigenvalue weighted by atomic mass is 9.86. The number of hydrogen-bond donors (Lipinski definition) is 0. The lowest BCUT2D eigenvalue weighted by Gasteiger charge is -2.40. The van der Waals surface area contributed by atoms with Crippen molar-refractivity contribution in [1.29, 1.82) is 0 Å². The van der Waals surface area contributed by atoms with Crippen LogP contribution in [0.2, 0.25) is 18.1 Å². The first kappa shape index (κ1) is 28.9. The smallest absolute Gasteiger partial charge is 0.311 e. The first-order valence-electron chi connectivity index (χ1n) is 13.0. The third kappa shape index (κ3) is 8.69. The average molecular weight is 492 g/mol. The second kappa shape index (κ2) is 12.0. The van der Waals surface area contributed by atoms with Gasteiger partial charge in [-0.15, -0.1) is 0 Å².